The predicted molar refractivity (Wildman–Crippen MR) is 57.5 cm³/mol. The minimum Gasteiger partial charge on any atom is -0.373 e. The first-order valence-electron chi connectivity index (χ1n) is 5.33. The van der Waals surface area contributed by atoms with Gasteiger partial charge in [-0.05, 0) is 30.7 Å². The van der Waals surface area contributed by atoms with E-state index < -0.39 is 0 Å². The third-order valence-electron chi connectivity index (χ3n) is 3.22. The number of fused-ring (bicyclic) bond motifs is 2. The molecule has 2 bridgehead atoms. The van der Waals surface area contributed by atoms with Crippen LogP contribution in [0.1, 0.15) is 24.1 Å². The molecular formula is C11H15NOS. The van der Waals surface area contributed by atoms with Gasteiger partial charge < -0.3 is 10.1 Å². The molecule has 0 radical (unpaired) electrons. The summed E-state index contributed by atoms with van der Waals surface area (Å²) in [5, 5.41) is 5.73. The molecule has 3 rings (SSSR count). The van der Waals surface area contributed by atoms with Gasteiger partial charge in [-0.1, -0.05) is 6.07 Å². The largest absolute Gasteiger partial charge is 0.373 e. The molecule has 76 valence electrons. The zero-order chi connectivity index (χ0) is 9.38. The third-order valence-corrected chi connectivity index (χ3v) is 4.10. The fourth-order valence-corrected chi connectivity index (χ4v) is 3.15. The van der Waals surface area contributed by atoms with Gasteiger partial charge in [0.05, 0.1) is 12.2 Å². The van der Waals surface area contributed by atoms with Gasteiger partial charge in [-0.15, -0.1) is 11.3 Å². The molecule has 3 atom stereocenters. The number of hydrogen-bond acceptors (Lipinski definition) is 3. The summed E-state index contributed by atoms with van der Waals surface area (Å²) in [5.74, 6) is 0. The molecule has 0 aromatic carbocycles. The Balaban J connectivity index is 1.54. The Labute approximate surface area is 88.3 Å². The van der Waals surface area contributed by atoms with Crippen molar-refractivity contribution in [1.82, 2.24) is 5.32 Å². The van der Waals surface area contributed by atoms with E-state index in [2.05, 4.69) is 22.8 Å². The molecule has 3 unspecified atom stereocenters. The Morgan fingerprint density at radius 3 is 3.14 bits per heavy atom. The summed E-state index contributed by atoms with van der Waals surface area (Å²) in [7, 11) is 0. The molecule has 3 heteroatoms. The van der Waals surface area contributed by atoms with Gasteiger partial charge in [0.2, 0.25) is 0 Å². The molecule has 0 saturated carbocycles. The summed E-state index contributed by atoms with van der Waals surface area (Å²) >= 11 is 1.82. The van der Waals surface area contributed by atoms with Gasteiger partial charge in [-0.2, -0.15) is 0 Å². The fraction of sp³-hybridized carbons (Fsp3) is 0.636. The predicted octanol–water partition coefficient (Wildman–Crippen LogP) is 2.16. The first kappa shape index (κ1) is 8.89. The number of thiophene rings is 1. The maximum Gasteiger partial charge on any atom is 0.0733 e. The Morgan fingerprint density at radius 2 is 2.50 bits per heavy atom. The molecular weight excluding hydrogens is 194 g/mol. The van der Waals surface area contributed by atoms with Crippen LogP contribution in [0.3, 0.4) is 0 Å². The molecule has 2 aliphatic rings. The highest BCUT2D eigenvalue weighted by Gasteiger charge is 2.40. The van der Waals surface area contributed by atoms with E-state index in [1.165, 1.54) is 24.1 Å². The smallest absolute Gasteiger partial charge is 0.0733 e. The molecule has 14 heavy (non-hydrogen) atoms. The van der Waals surface area contributed by atoms with Crippen LogP contribution in [-0.4, -0.2) is 18.2 Å². The van der Waals surface area contributed by atoms with Crippen LogP contribution in [0.4, 0.5) is 0 Å². The maximum atomic E-state index is 5.80. The summed E-state index contributed by atoms with van der Waals surface area (Å²) in [6.45, 7) is 1.01. The molecule has 0 spiro atoms. The van der Waals surface area contributed by atoms with Crippen molar-refractivity contribution in [3.8, 4) is 0 Å². The van der Waals surface area contributed by atoms with E-state index in [9.17, 15) is 0 Å². The van der Waals surface area contributed by atoms with Crippen molar-refractivity contribution in [2.45, 2.75) is 44.1 Å². The second-order valence-electron chi connectivity index (χ2n) is 4.18. The molecule has 1 aromatic rings. The van der Waals surface area contributed by atoms with Gasteiger partial charge in [0.1, 0.15) is 0 Å². The fourth-order valence-electron chi connectivity index (χ4n) is 2.50. The van der Waals surface area contributed by atoms with Crippen molar-refractivity contribution < 1.29 is 4.74 Å². The van der Waals surface area contributed by atoms with Crippen LogP contribution in [0.5, 0.6) is 0 Å². The zero-order valence-corrected chi connectivity index (χ0v) is 8.93. The van der Waals surface area contributed by atoms with Crippen LogP contribution in [0, 0.1) is 0 Å². The normalized spacial score (nSPS) is 35.3. The lowest BCUT2D eigenvalue weighted by molar-refractivity contribution is 0.0973. The van der Waals surface area contributed by atoms with Gasteiger partial charge in [-0.3, -0.25) is 0 Å². The van der Waals surface area contributed by atoms with E-state index >= 15 is 0 Å². The van der Waals surface area contributed by atoms with Gasteiger partial charge in [-0.25, -0.2) is 0 Å². The second kappa shape index (κ2) is 3.65. The summed E-state index contributed by atoms with van der Waals surface area (Å²) in [4.78, 5) is 1.42. The van der Waals surface area contributed by atoms with Crippen molar-refractivity contribution in [2.24, 2.45) is 0 Å². The van der Waals surface area contributed by atoms with Crippen molar-refractivity contribution >= 4 is 11.3 Å². The quantitative estimate of drug-likeness (QED) is 0.823. The van der Waals surface area contributed by atoms with Crippen LogP contribution >= 0.6 is 11.3 Å². The lowest BCUT2D eigenvalue weighted by Crippen LogP contribution is -2.36. The number of rotatable bonds is 3. The second-order valence-corrected chi connectivity index (χ2v) is 5.21. The van der Waals surface area contributed by atoms with E-state index in [0.29, 0.717) is 18.2 Å². The molecule has 2 aliphatic heterocycles. The summed E-state index contributed by atoms with van der Waals surface area (Å²) in [6, 6.07) is 4.90. The SMILES string of the molecule is c1csc(CNC2CC3CCC2O3)c1. The zero-order valence-electron chi connectivity index (χ0n) is 8.11. The first-order chi connectivity index (χ1) is 6.92. The lowest BCUT2D eigenvalue weighted by Gasteiger charge is -2.19. The van der Waals surface area contributed by atoms with Crippen LogP contribution in [0.15, 0.2) is 17.5 Å². The Bertz CT molecular complexity index is 298. The van der Waals surface area contributed by atoms with E-state index in [0.717, 1.165) is 6.54 Å². The molecule has 3 heterocycles. The van der Waals surface area contributed by atoms with Gasteiger partial charge in [0.25, 0.3) is 0 Å². The van der Waals surface area contributed by atoms with Crippen molar-refractivity contribution in [1.29, 1.82) is 0 Å². The Hall–Kier alpha value is -0.380. The Kier molecular flexibility index (Phi) is 2.32. The third kappa shape index (κ3) is 1.60. The van der Waals surface area contributed by atoms with E-state index in [4.69, 9.17) is 4.74 Å². The highest BCUT2D eigenvalue weighted by atomic mass is 32.1. The van der Waals surface area contributed by atoms with Crippen LogP contribution in [-0.2, 0) is 11.3 Å². The summed E-state index contributed by atoms with van der Waals surface area (Å²) in [5.41, 5.74) is 0. The average molecular weight is 209 g/mol. The molecule has 2 saturated heterocycles. The monoisotopic (exact) mass is 209 g/mol. The van der Waals surface area contributed by atoms with Gasteiger partial charge in [0.15, 0.2) is 0 Å². The average Bonchev–Trinajstić information content (AvgIpc) is 2.91. The minimum atomic E-state index is 0.500. The highest BCUT2D eigenvalue weighted by Crippen LogP contribution is 2.34. The maximum absolute atomic E-state index is 5.80. The van der Waals surface area contributed by atoms with Crippen LogP contribution in [0.2, 0.25) is 0 Å². The number of ether oxygens (including phenoxy) is 1. The first-order valence-corrected chi connectivity index (χ1v) is 6.21. The summed E-state index contributed by atoms with van der Waals surface area (Å²) < 4.78 is 5.80. The lowest BCUT2D eigenvalue weighted by atomic mass is 9.95. The van der Waals surface area contributed by atoms with Gasteiger partial charge >= 0.3 is 0 Å². The molecule has 0 amide bonds. The molecule has 2 fully saturated rings. The molecule has 1 aromatic heterocycles. The Morgan fingerprint density at radius 1 is 1.50 bits per heavy atom. The van der Waals surface area contributed by atoms with Gasteiger partial charge in [0, 0.05) is 17.5 Å². The van der Waals surface area contributed by atoms with Crippen LogP contribution < -0.4 is 5.32 Å². The van der Waals surface area contributed by atoms with Crippen molar-refractivity contribution in [2.75, 3.05) is 0 Å². The van der Waals surface area contributed by atoms with E-state index in [-0.39, 0.29) is 0 Å². The molecule has 0 aliphatic carbocycles. The number of hydrogen-bond donors (Lipinski definition) is 1. The van der Waals surface area contributed by atoms with Crippen molar-refractivity contribution in [3.05, 3.63) is 22.4 Å². The molecule has 2 nitrogen and oxygen atoms in total. The number of nitrogens with one attached hydrogen (secondary N) is 1. The van der Waals surface area contributed by atoms with Crippen LogP contribution in [0.25, 0.3) is 0 Å². The summed E-state index contributed by atoms with van der Waals surface area (Å²) in [6.07, 6.45) is 4.81. The highest BCUT2D eigenvalue weighted by molar-refractivity contribution is 7.09. The van der Waals surface area contributed by atoms with Crippen molar-refractivity contribution in [3.63, 3.8) is 0 Å². The molecule has 1 N–H and O–H groups in total. The minimum absolute atomic E-state index is 0.500. The topological polar surface area (TPSA) is 21.3 Å². The standard InChI is InChI=1S/C11H15NOS/c1-2-9(14-5-1)7-12-10-6-8-3-4-11(10)13-8/h1-2,5,8,10-12H,3-4,6-7H2. The van der Waals surface area contributed by atoms with E-state index in [1.54, 1.807) is 0 Å². The van der Waals surface area contributed by atoms with E-state index in [1.807, 2.05) is 11.3 Å².